The lowest BCUT2D eigenvalue weighted by molar-refractivity contribution is 0.396. The van der Waals surface area contributed by atoms with Crippen LogP contribution in [-0.4, -0.2) is 38.6 Å². The van der Waals surface area contributed by atoms with Crippen LogP contribution in [0.25, 0.3) is 0 Å². The third-order valence-electron chi connectivity index (χ3n) is 3.50. The van der Waals surface area contributed by atoms with Gasteiger partial charge in [0.25, 0.3) is 0 Å². The normalized spacial score (nSPS) is 20.3. The first-order chi connectivity index (χ1) is 8.47. The summed E-state index contributed by atoms with van der Waals surface area (Å²) in [4.78, 5) is 4.38. The molecule has 1 unspecified atom stereocenters. The third-order valence-corrected chi connectivity index (χ3v) is 3.79. The molecule has 1 aromatic carbocycles. The Balaban J connectivity index is 2.09. The van der Waals surface area contributed by atoms with Crippen LogP contribution in [0.2, 0.25) is 5.02 Å². The van der Waals surface area contributed by atoms with E-state index in [1.165, 1.54) is 12.5 Å². The molecule has 2 rings (SSSR count). The van der Waals surface area contributed by atoms with Gasteiger partial charge in [-0.05, 0) is 32.0 Å². The smallest absolute Gasteiger partial charge is 0.143 e. The fourth-order valence-corrected chi connectivity index (χ4v) is 2.70. The van der Waals surface area contributed by atoms with Crippen molar-refractivity contribution in [3.63, 3.8) is 0 Å². The van der Waals surface area contributed by atoms with Crippen LogP contribution in [0.5, 0.6) is 0 Å². The molecule has 18 heavy (non-hydrogen) atoms. The summed E-state index contributed by atoms with van der Waals surface area (Å²) in [6, 6.07) is 2.89. The van der Waals surface area contributed by atoms with Crippen molar-refractivity contribution in [2.45, 2.75) is 6.42 Å². The van der Waals surface area contributed by atoms with Crippen LogP contribution < -0.4 is 10.6 Å². The molecule has 1 aromatic rings. The van der Waals surface area contributed by atoms with Crippen molar-refractivity contribution in [3.8, 4) is 0 Å². The molecule has 0 aliphatic carbocycles. The monoisotopic (exact) mass is 271 g/mol. The molecule has 1 atom stereocenters. The lowest BCUT2D eigenvalue weighted by Crippen LogP contribution is -2.27. The van der Waals surface area contributed by atoms with E-state index in [4.69, 9.17) is 17.3 Å². The summed E-state index contributed by atoms with van der Waals surface area (Å²) < 4.78 is 13.2. The number of hydrogen-bond acceptors (Lipinski definition) is 3. The summed E-state index contributed by atoms with van der Waals surface area (Å²) >= 11 is 5.80. The van der Waals surface area contributed by atoms with Crippen molar-refractivity contribution < 1.29 is 4.39 Å². The molecule has 0 bridgehead atoms. The van der Waals surface area contributed by atoms with Crippen molar-refractivity contribution in [1.82, 2.24) is 4.90 Å². The second-order valence-electron chi connectivity index (χ2n) is 5.12. The van der Waals surface area contributed by atoms with Gasteiger partial charge < -0.3 is 15.5 Å². The predicted molar refractivity (Wildman–Crippen MR) is 74.7 cm³/mol. The minimum Gasteiger partial charge on any atom is -0.397 e. The van der Waals surface area contributed by atoms with Crippen molar-refractivity contribution >= 4 is 23.0 Å². The van der Waals surface area contributed by atoms with Crippen molar-refractivity contribution in [2.75, 3.05) is 44.4 Å². The number of benzene rings is 1. The quantitative estimate of drug-likeness (QED) is 0.857. The number of nitrogen functional groups attached to an aromatic ring is 1. The molecule has 0 saturated carbocycles. The van der Waals surface area contributed by atoms with Gasteiger partial charge in [0.15, 0.2) is 0 Å². The van der Waals surface area contributed by atoms with E-state index in [-0.39, 0.29) is 5.02 Å². The molecule has 1 fully saturated rings. The molecule has 0 spiro atoms. The summed E-state index contributed by atoms with van der Waals surface area (Å²) in [6.07, 6.45) is 1.19. The molecule has 2 N–H and O–H groups in total. The summed E-state index contributed by atoms with van der Waals surface area (Å²) in [5.41, 5.74) is 7.08. The molecule has 1 heterocycles. The number of nitrogens with zero attached hydrogens (tertiary/aromatic N) is 2. The van der Waals surface area contributed by atoms with Gasteiger partial charge in [0.1, 0.15) is 5.82 Å². The first-order valence-electron chi connectivity index (χ1n) is 6.11. The largest absolute Gasteiger partial charge is 0.397 e. The molecule has 0 radical (unpaired) electrons. The lowest BCUT2D eigenvalue weighted by Gasteiger charge is -2.24. The van der Waals surface area contributed by atoms with E-state index >= 15 is 0 Å². The zero-order valence-corrected chi connectivity index (χ0v) is 11.5. The molecular weight excluding hydrogens is 253 g/mol. The summed E-state index contributed by atoms with van der Waals surface area (Å²) in [5.74, 6) is 0.162. The number of nitrogens with two attached hydrogens (primary N) is 1. The maximum atomic E-state index is 13.2. The van der Waals surface area contributed by atoms with E-state index < -0.39 is 5.82 Å². The summed E-state index contributed by atoms with van der Waals surface area (Å²) in [5, 5.41) is 0.120. The molecule has 1 aliphatic heterocycles. The molecule has 0 amide bonds. The number of anilines is 2. The predicted octanol–water partition coefficient (Wildman–Crippen LogP) is 2.45. The van der Waals surface area contributed by atoms with Gasteiger partial charge in [0.05, 0.1) is 16.4 Å². The first kappa shape index (κ1) is 13.4. The second kappa shape index (κ2) is 5.33. The maximum absolute atomic E-state index is 13.2. The van der Waals surface area contributed by atoms with Crippen molar-refractivity contribution in [3.05, 3.63) is 23.0 Å². The Morgan fingerprint density at radius 1 is 1.56 bits per heavy atom. The van der Waals surface area contributed by atoms with Gasteiger partial charge in [-0.2, -0.15) is 0 Å². The second-order valence-corrected chi connectivity index (χ2v) is 5.53. The number of likely N-dealkylation sites (tertiary alicyclic amines) is 1. The highest BCUT2D eigenvalue weighted by atomic mass is 35.5. The van der Waals surface area contributed by atoms with E-state index in [0.29, 0.717) is 11.6 Å². The van der Waals surface area contributed by atoms with Crippen LogP contribution >= 0.6 is 11.6 Å². The Bertz CT molecular complexity index is 438. The van der Waals surface area contributed by atoms with Crippen LogP contribution in [0, 0.1) is 11.7 Å². The zero-order valence-electron chi connectivity index (χ0n) is 10.8. The van der Waals surface area contributed by atoms with Crippen molar-refractivity contribution in [1.29, 1.82) is 0 Å². The highest BCUT2D eigenvalue weighted by molar-refractivity contribution is 6.31. The van der Waals surface area contributed by atoms with Gasteiger partial charge in [-0.15, -0.1) is 0 Å². The highest BCUT2D eigenvalue weighted by Gasteiger charge is 2.21. The topological polar surface area (TPSA) is 32.5 Å². The Kier molecular flexibility index (Phi) is 3.97. The first-order valence-corrected chi connectivity index (χ1v) is 6.49. The van der Waals surface area contributed by atoms with Crippen LogP contribution in [-0.2, 0) is 0 Å². The van der Waals surface area contributed by atoms with Gasteiger partial charge in [0.2, 0.25) is 0 Å². The molecule has 1 aliphatic rings. The Hall–Kier alpha value is -1.00. The van der Waals surface area contributed by atoms with Crippen LogP contribution in [0.1, 0.15) is 6.42 Å². The minimum absolute atomic E-state index is 0.120. The molecule has 100 valence electrons. The van der Waals surface area contributed by atoms with Gasteiger partial charge in [-0.1, -0.05) is 11.6 Å². The number of rotatable bonds is 3. The van der Waals surface area contributed by atoms with Crippen LogP contribution in [0.15, 0.2) is 12.1 Å². The fraction of sp³-hybridized carbons (Fsp3) is 0.538. The molecule has 1 saturated heterocycles. The minimum atomic E-state index is -0.466. The molecule has 5 heteroatoms. The highest BCUT2D eigenvalue weighted by Crippen LogP contribution is 2.30. The van der Waals surface area contributed by atoms with Crippen LogP contribution in [0.3, 0.4) is 0 Å². The standard InChI is InChI=1S/C13H19ClFN3/c1-17-4-3-9(7-17)8-18(2)13-5-10(14)11(15)6-12(13)16/h5-6,9H,3-4,7-8,16H2,1-2H3. The maximum Gasteiger partial charge on any atom is 0.143 e. The average Bonchev–Trinajstić information content (AvgIpc) is 2.69. The van der Waals surface area contributed by atoms with E-state index in [1.54, 1.807) is 6.07 Å². The van der Waals surface area contributed by atoms with E-state index in [9.17, 15) is 4.39 Å². The van der Waals surface area contributed by atoms with Gasteiger partial charge in [0, 0.05) is 26.2 Å². The summed E-state index contributed by atoms with van der Waals surface area (Å²) in [7, 11) is 4.10. The fourth-order valence-electron chi connectivity index (χ4n) is 2.54. The summed E-state index contributed by atoms with van der Waals surface area (Å²) in [6.45, 7) is 3.15. The average molecular weight is 272 g/mol. The van der Waals surface area contributed by atoms with E-state index in [0.717, 1.165) is 25.3 Å². The number of halogens is 2. The van der Waals surface area contributed by atoms with Crippen molar-refractivity contribution in [2.24, 2.45) is 5.92 Å². The molecule has 0 aromatic heterocycles. The SMILES string of the molecule is CN1CCC(CN(C)c2cc(Cl)c(F)cc2N)C1. The molecule has 3 nitrogen and oxygen atoms in total. The van der Waals surface area contributed by atoms with Gasteiger partial charge in [-0.3, -0.25) is 0 Å². The number of hydrogen-bond donors (Lipinski definition) is 1. The van der Waals surface area contributed by atoms with E-state index in [2.05, 4.69) is 16.8 Å². The molecular formula is C13H19ClFN3. The zero-order chi connectivity index (χ0) is 13.3. The van der Waals surface area contributed by atoms with E-state index in [1.807, 2.05) is 7.05 Å². The Morgan fingerprint density at radius 3 is 2.89 bits per heavy atom. The lowest BCUT2D eigenvalue weighted by atomic mass is 10.1. The Morgan fingerprint density at radius 2 is 2.28 bits per heavy atom. The van der Waals surface area contributed by atoms with Gasteiger partial charge in [-0.25, -0.2) is 4.39 Å². The third kappa shape index (κ3) is 2.87. The van der Waals surface area contributed by atoms with Crippen LogP contribution in [0.4, 0.5) is 15.8 Å². The van der Waals surface area contributed by atoms with Gasteiger partial charge >= 0.3 is 0 Å². The Labute approximate surface area is 112 Å².